The number of nitrogens with zero attached hydrogens (tertiary/aromatic N) is 1. The number of nitrogens with one attached hydrogen (secondary N) is 1. The zero-order valence-electron chi connectivity index (χ0n) is 21.5. The second kappa shape index (κ2) is 8.74. The molecule has 6 nitrogen and oxygen atoms in total. The Balaban J connectivity index is 1.63. The van der Waals surface area contributed by atoms with Gasteiger partial charge in [-0.25, -0.2) is 0 Å². The summed E-state index contributed by atoms with van der Waals surface area (Å²) in [6.45, 7) is 2.72. The van der Waals surface area contributed by atoms with Gasteiger partial charge in [-0.1, -0.05) is 54.6 Å². The highest BCUT2D eigenvalue weighted by Gasteiger charge is 2.71. The number of hydrogen-bond donors (Lipinski definition) is 1. The maximum atomic E-state index is 14.4. The number of hydrogen-bond acceptors (Lipinski definition) is 5. The number of halogens is 3. The van der Waals surface area contributed by atoms with E-state index in [1.165, 1.54) is 26.0 Å². The van der Waals surface area contributed by atoms with Gasteiger partial charge >= 0.3 is 6.18 Å². The van der Waals surface area contributed by atoms with Crippen molar-refractivity contribution < 1.29 is 32.3 Å². The van der Waals surface area contributed by atoms with Gasteiger partial charge in [0.2, 0.25) is 5.91 Å². The van der Waals surface area contributed by atoms with Crippen LogP contribution >= 0.6 is 0 Å². The number of carbonyl (C=O) groups excluding carboxylic acids is 4. The molecule has 3 aliphatic rings. The van der Waals surface area contributed by atoms with E-state index in [9.17, 15) is 32.3 Å². The summed E-state index contributed by atoms with van der Waals surface area (Å²) >= 11 is 0. The molecule has 0 aromatic heterocycles. The molecule has 6 rings (SSSR count). The molecule has 2 aliphatic heterocycles. The maximum absolute atomic E-state index is 14.4. The minimum atomic E-state index is -4.58. The molecule has 3 atom stereocenters. The minimum absolute atomic E-state index is 0.222. The molecule has 1 spiro atoms. The minimum Gasteiger partial charge on any atom is -0.352 e. The van der Waals surface area contributed by atoms with E-state index in [1.54, 1.807) is 59.5 Å². The van der Waals surface area contributed by atoms with Crippen LogP contribution < -0.4 is 10.2 Å². The molecular formula is C31H23F3N2O4. The summed E-state index contributed by atoms with van der Waals surface area (Å²) in [5.41, 5.74) is -0.329. The molecule has 1 aliphatic carbocycles. The van der Waals surface area contributed by atoms with E-state index in [2.05, 4.69) is 5.32 Å². The second-order valence-electron chi connectivity index (χ2n) is 10.4. The number of alkyl halides is 3. The van der Waals surface area contributed by atoms with Crippen molar-refractivity contribution in [2.75, 3.05) is 10.2 Å². The smallest absolute Gasteiger partial charge is 0.352 e. The molecular weight excluding hydrogens is 521 g/mol. The molecule has 1 fully saturated rings. The van der Waals surface area contributed by atoms with Crippen LogP contribution in [0.3, 0.4) is 0 Å². The van der Waals surface area contributed by atoms with Gasteiger partial charge in [0.25, 0.3) is 0 Å². The fraction of sp³-hybridized carbons (Fsp3) is 0.226. The molecule has 0 bridgehead atoms. The highest BCUT2D eigenvalue weighted by molar-refractivity contribution is 6.32. The summed E-state index contributed by atoms with van der Waals surface area (Å²) in [4.78, 5) is 55.8. The molecule has 3 unspecified atom stereocenters. The Morgan fingerprint density at radius 2 is 1.50 bits per heavy atom. The van der Waals surface area contributed by atoms with Crippen molar-refractivity contribution in [3.63, 3.8) is 0 Å². The molecule has 3 aromatic rings. The summed E-state index contributed by atoms with van der Waals surface area (Å²) in [6, 6.07) is 13.9. The Kier molecular flexibility index (Phi) is 5.62. The molecule has 2 heterocycles. The van der Waals surface area contributed by atoms with Crippen molar-refractivity contribution in [2.45, 2.75) is 38.0 Å². The Bertz CT molecular complexity index is 1610. The summed E-state index contributed by atoms with van der Waals surface area (Å²) in [5, 5.41) is 2.77. The van der Waals surface area contributed by atoms with Gasteiger partial charge < -0.3 is 10.2 Å². The molecule has 202 valence electrons. The first-order valence-electron chi connectivity index (χ1n) is 12.7. The number of ketones is 3. The van der Waals surface area contributed by atoms with Crippen molar-refractivity contribution in [2.24, 2.45) is 5.41 Å². The van der Waals surface area contributed by atoms with Crippen molar-refractivity contribution >= 4 is 40.7 Å². The van der Waals surface area contributed by atoms with E-state index in [1.807, 2.05) is 0 Å². The molecule has 0 saturated carbocycles. The summed E-state index contributed by atoms with van der Waals surface area (Å²) in [6.07, 6.45) is -1.17. The fourth-order valence-corrected chi connectivity index (χ4v) is 6.70. The number of amides is 1. The molecule has 1 saturated heterocycles. The van der Waals surface area contributed by atoms with Crippen LogP contribution in [-0.4, -0.2) is 35.3 Å². The van der Waals surface area contributed by atoms with Gasteiger partial charge in [-0.15, -0.1) is 0 Å². The number of benzene rings is 3. The third-order valence-electron chi connectivity index (χ3n) is 8.17. The van der Waals surface area contributed by atoms with E-state index in [0.29, 0.717) is 16.9 Å². The maximum Gasteiger partial charge on any atom is 0.416 e. The number of rotatable bonds is 3. The van der Waals surface area contributed by atoms with Crippen LogP contribution in [0.2, 0.25) is 0 Å². The van der Waals surface area contributed by atoms with Crippen molar-refractivity contribution in [1.29, 1.82) is 0 Å². The number of carbonyl (C=O) groups is 4. The summed E-state index contributed by atoms with van der Waals surface area (Å²) in [7, 11) is 0. The highest BCUT2D eigenvalue weighted by Crippen LogP contribution is 2.61. The van der Waals surface area contributed by atoms with Gasteiger partial charge in [-0.3, -0.25) is 19.2 Å². The first-order chi connectivity index (χ1) is 19.0. The Labute approximate surface area is 227 Å². The lowest BCUT2D eigenvalue weighted by Crippen LogP contribution is -2.48. The molecule has 40 heavy (non-hydrogen) atoms. The predicted octanol–water partition coefficient (Wildman–Crippen LogP) is 5.69. The zero-order valence-corrected chi connectivity index (χ0v) is 21.5. The fourth-order valence-electron chi connectivity index (χ4n) is 6.70. The first kappa shape index (κ1) is 25.7. The molecule has 1 N–H and O–H groups in total. The van der Waals surface area contributed by atoms with E-state index in [-0.39, 0.29) is 28.4 Å². The number of anilines is 2. The quantitative estimate of drug-likeness (QED) is 0.429. The second-order valence-corrected chi connectivity index (χ2v) is 10.4. The van der Waals surface area contributed by atoms with Crippen LogP contribution in [0, 0.1) is 5.41 Å². The van der Waals surface area contributed by atoms with Crippen LogP contribution in [0.1, 0.15) is 57.2 Å². The number of fused-ring (bicyclic) bond motifs is 5. The number of Topliss-reactive ketones (excluding diaryl/α,β-unsaturated/α-hetero) is 3. The van der Waals surface area contributed by atoms with Gasteiger partial charge in [0.15, 0.2) is 17.3 Å². The first-order valence-corrected chi connectivity index (χ1v) is 12.7. The van der Waals surface area contributed by atoms with E-state index in [0.717, 1.165) is 12.1 Å². The molecule has 0 radical (unpaired) electrons. The third-order valence-corrected chi connectivity index (χ3v) is 8.17. The monoisotopic (exact) mass is 544 g/mol. The van der Waals surface area contributed by atoms with E-state index >= 15 is 0 Å². The lowest BCUT2D eigenvalue weighted by atomic mass is 9.64. The van der Waals surface area contributed by atoms with E-state index in [4.69, 9.17) is 0 Å². The van der Waals surface area contributed by atoms with Gasteiger partial charge in [-0.05, 0) is 36.8 Å². The largest absolute Gasteiger partial charge is 0.416 e. The third kappa shape index (κ3) is 3.43. The normalized spacial score (nSPS) is 22.2. The lowest BCUT2D eigenvalue weighted by Gasteiger charge is -2.37. The van der Waals surface area contributed by atoms with Crippen molar-refractivity contribution in [3.05, 3.63) is 101 Å². The van der Waals surface area contributed by atoms with Crippen LogP contribution in [0.4, 0.5) is 24.5 Å². The average Bonchev–Trinajstić information content (AvgIpc) is 3.35. The van der Waals surface area contributed by atoms with Crippen molar-refractivity contribution in [1.82, 2.24) is 0 Å². The topological polar surface area (TPSA) is 83.6 Å². The summed E-state index contributed by atoms with van der Waals surface area (Å²) in [5.74, 6) is -2.67. The predicted molar refractivity (Wildman–Crippen MR) is 142 cm³/mol. The van der Waals surface area contributed by atoms with Crippen molar-refractivity contribution in [3.8, 4) is 0 Å². The van der Waals surface area contributed by atoms with Crippen LogP contribution in [0.25, 0.3) is 6.08 Å². The van der Waals surface area contributed by atoms with Gasteiger partial charge in [0, 0.05) is 35.2 Å². The van der Waals surface area contributed by atoms with Gasteiger partial charge in [-0.2, -0.15) is 13.2 Å². The molecule has 3 aromatic carbocycles. The van der Waals surface area contributed by atoms with Gasteiger partial charge in [0.05, 0.1) is 23.3 Å². The Morgan fingerprint density at radius 3 is 2.05 bits per heavy atom. The Hall–Kier alpha value is -4.53. The molecule has 9 heteroatoms. The van der Waals surface area contributed by atoms with Crippen LogP contribution in [0.15, 0.2) is 72.8 Å². The zero-order chi connectivity index (χ0) is 28.6. The highest BCUT2D eigenvalue weighted by atomic mass is 19.4. The average molecular weight is 545 g/mol. The van der Waals surface area contributed by atoms with Crippen LogP contribution in [-0.2, 0) is 15.8 Å². The Morgan fingerprint density at radius 1 is 0.875 bits per heavy atom. The van der Waals surface area contributed by atoms with E-state index < -0.39 is 46.7 Å². The molecule has 1 amide bonds. The SMILES string of the molecule is CC(=O)Nc1cccc2c1C=CC1N2C(C(C)=O)C(c2ccc(C(F)(F)F)cc2)C12C(=O)c1ccccc1C2=O. The lowest BCUT2D eigenvalue weighted by molar-refractivity contribution is -0.137. The summed E-state index contributed by atoms with van der Waals surface area (Å²) < 4.78 is 40.3. The van der Waals surface area contributed by atoms with Gasteiger partial charge in [0.1, 0.15) is 5.41 Å². The van der Waals surface area contributed by atoms with Crippen LogP contribution in [0.5, 0.6) is 0 Å². The standard InChI is InChI=1S/C31H23F3N2O4/c1-16(37)27-26(18-10-12-19(13-11-18)31(32,33)34)30(28(39)20-6-3-4-7-21(20)29(30)40)25-15-14-22-23(35-17(2)38)8-5-9-24(22)36(25)27/h3-15,25-27H,1-2H3,(H,35,38).